The molecule has 2 heterocycles. The molecule has 1 unspecified atom stereocenters. The summed E-state index contributed by atoms with van der Waals surface area (Å²) in [6.07, 6.45) is 3.92. The lowest BCUT2D eigenvalue weighted by Crippen LogP contribution is -2.31. The monoisotopic (exact) mass is 234 g/mol. The lowest BCUT2D eigenvalue weighted by Gasteiger charge is -2.26. The van der Waals surface area contributed by atoms with E-state index in [4.69, 9.17) is 0 Å². The van der Waals surface area contributed by atoms with Gasteiger partial charge in [0.05, 0.1) is 5.69 Å². The average molecular weight is 234 g/mol. The number of hydrogen-bond acceptors (Lipinski definition) is 4. The van der Waals surface area contributed by atoms with Gasteiger partial charge < -0.3 is 10.2 Å². The highest BCUT2D eigenvalue weighted by Crippen LogP contribution is 2.22. The Hall–Kier alpha value is -1.16. The Balaban J connectivity index is 2.20. The molecule has 4 nitrogen and oxygen atoms in total. The maximum atomic E-state index is 4.45. The van der Waals surface area contributed by atoms with E-state index in [1.165, 1.54) is 17.7 Å². The number of aromatic nitrogens is 2. The number of nitrogens with zero attached hydrogens (tertiary/aromatic N) is 3. The van der Waals surface area contributed by atoms with Gasteiger partial charge in [0, 0.05) is 38.7 Å². The summed E-state index contributed by atoms with van der Waals surface area (Å²) in [5.41, 5.74) is 2.49. The van der Waals surface area contributed by atoms with Crippen molar-refractivity contribution in [1.82, 2.24) is 15.3 Å². The van der Waals surface area contributed by atoms with Gasteiger partial charge in [-0.05, 0) is 5.92 Å². The van der Waals surface area contributed by atoms with E-state index in [-0.39, 0.29) is 0 Å². The quantitative estimate of drug-likeness (QED) is 0.859. The van der Waals surface area contributed by atoms with E-state index >= 15 is 0 Å². The summed E-state index contributed by atoms with van der Waals surface area (Å²) in [6, 6.07) is 0. The molecule has 0 spiro atoms. The minimum atomic E-state index is 0.696. The van der Waals surface area contributed by atoms with Gasteiger partial charge in [0.2, 0.25) is 0 Å². The van der Waals surface area contributed by atoms with Crippen LogP contribution in [0.25, 0.3) is 0 Å². The Morgan fingerprint density at radius 3 is 3.06 bits per heavy atom. The van der Waals surface area contributed by atoms with Crippen molar-refractivity contribution in [3.63, 3.8) is 0 Å². The number of fused-ring (bicyclic) bond motifs is 1. The van der Waals surface area contributed by atoms with E-state index < -0.39 is 0 Å². The maximum absolute atomic E-state index is 4.45. The van der Waals surface area contributed by atoms with E-state index in [1.807, 2.05) is 0 Å². The van der Waals surface area contributed by atoms with Crippen molar-refractivity contribution in [1.29, 1.82) is 0 Å². The molecule has 17 heavy (non-hydrogen) atoms. The molecule has 0 saturated heterocycles. The Labute approximate surface area is 103 Å². The topological polar surface area (TPSA) is 41.1 Å². The Morgan fingerprint density at radius 2 is 2.29 bits per heavy atom. The third kappa shape index (κ3) is 2.75. The highest BCUT2D eigenvalue weighted by molar-refractivity contribution is 5.48. The van der Waals surface area contributed by atoms with Gasteiger partial charge in [-0.3, -0.25) is 0 Å². The second-order valence-corrected chi connectivity index (χ2v) is 4.94. The molecule has 1 aromatic heterocycles. The number of anilines is 1. The number of rotatable bonds is 4. The van der Waals surface area contributed by atoms with Crippen LogP contribution in [0.3, 0.4) is 0 Å². The Bertz CT molecular complexity index is 378. The molecule has 2 rings (SSSR count). The first kappa shape index (κ1) is 12.3. The molecule has 1 aromatic rings. The first-order chi connectivity index (χ1) is 8.22. The van der Waals surface area contributed by atoms with Crippen molar-refractivity contribution in [2.75, 3.05) is 25.0 Å². The number of hydrogen-bond donors (Lipinski definition) is 1. The first-order valence-electron chi connectivity index (χ1n) is 6.47. The van der Waals surface area contributed by atoms with Crippen LogP contribution < -0.4 is 10.2 Å². The van der Waals surface area contributed by atoms with Crippen molar-refractivity contribution in [3.8, 4) is 0 Å². The van der Waals surface area contributed by atoms with Crippen LogP contribution >= 0.6 is 0 Å². The van der Waals surface area contributed by atoms with Crippen LogP contribution in [0.2, 0.25) is 0 Å². The summed E-state index contributed by atoms with van der Waals surface area (Å²) in [5.74, 6) is 1.80. The molecule has 0 fully saturated rings. The molecule has 0 aliphatic carbocycles. The van der Waals surface area contributed by atoms with Crippen LogP contribution in [0.4, 0.5) is 5.82 Å². The molecule has 0 saturated carbocycles. The fourth-order valence-corrected chi connectivity index (χ4v) is 2.27. The van der Waals surface area contributed by atoms with Crippen LogP contribution in [0, 0.1) is 5.92 Å². The summed E-state index contributed by atoms with van der Waals surface area (Å²) in [6.45, 7) is 7.49. The zero-order chi connectivity index (χ0) is 12.3. The summed E-state index contributed by atoms with van der Waals surface area (Å²) in [4.78, 5) is 11.1. The first-order valence-corrected chi connectivity index (χ1v) is 6.47. The minimum absolute atomic E-state index is 0.696. The van der Waals surface area contributed by atoms with Gasteiger partial charge in [-0.15, -0.1) is 0 Å². The highest BCUT2D eigenvalue weighted by atomic mass is 15.2. The molecular formula is C13H22N4. The molecule has 0 radical (unpaired) electrons. The predicted octanol–water partition coefficient (Wildman–Crippen LogP) is 1.60. The molecule has 0 bridgehead atoms. The van der Waals surface area contributed by atoms with Gasteiger partial charge in [0.15, 0.2) is 0 Å². The van der Waals surface area contributed by atoms with Gasteiger partial charge in [-0.25, -0.2) is 9.97 Å². The smallest absolute Gasteiger partial charge is 0.136 e. The molecule has 0 amide bonds. The van der Waals surface area contributed by atoms with E-state index in [1.54, 1.807) is 6.33 Å². The molecule has 1 aliphatic rings. The molecule has 0 aromatic carbocycles. The van der Waals surface area contributed by atoms with E-state index in [0.717, 1.165) is 31.9 Å². The normalized spacial score (nSPS) is 16.4. The molecule has 94 valence electrons. The van der Waals surface area contributed by atoms with Crippen molar-refractivity contribution in [3.05, 3.63) is 17.6 Å². The lowest BCUT2D eigenvalue weighted by molar-refractivity contribution is 0.552. The predicted molar refractivity (Wildman–Crippen MR) is 70.2 cm³/mol. The van der Waals surface area contributed by atoms with Crippen LogP contribution in [-0.4, -0.2) is 30.1 Å². The second kappa shape index (κ2) is 5.45. The van der Waals surface area contributed by atoms with Crippen LogP contribution in [0.15, 0.2) is 6.33 Å². The van der Waals surface area contributed by atoms with Crippen molar-refractivity contribution in [2.24, 2.45) is 5.92 Å². The Kier molecular flexibility index (Phi) is 3.94. The van der Waals surface area contributed by atoms with Gasteiger partial charge in [0.1, 0.15) is 12.1 Å². The summed E-state index contributed by atoms with van der Waals surface area (Å²) < 4.78 is 0. The minimum Gasteiger partial charge on any atom is -0.359 e. The average Bonchev–Trinajstić information content (AvgIpc) is 2.37. The summed E-state index contributed by atoms with van der Waals surface area (Å²) in [7, 11) is 2.13. The molecular weight excluding hydrogens is 212 g/mol. The van der Waals surface area contributed by atoms with Crippen LogP contribution in [0.1, 0.15) is 31.5 Å². The van der Waals surface area contributed by atoms with Crippen molar-refractivity contribution >= 4 is 5.82 Å². The van der Waals surface area contributed by atoms with Gasteiger partial charge in [0.25, 0.3) is 0 Å². The summed E-state index contributed by atoms with van der Waals surface area (Å²) in [5, 5.41) is 3.40. The Morgan fingerprint density at radius 1 is 1.47 bits per heavy atom. The van der Waals surface area contributed by atoms with Gasteiger partial charge in [-0.2, -0.15) is 0 Å². The molecule has 1 aliphatic heterocycles. The van der Waals surface area contributed by atoms with Crippen molar-refractivity contribution < 1.29 is 0 Å². The molecule has 1 N–H and O–H groups in total. The lowest BCUT2D eigenvalue weighted by atomic mass is 10.1. The van der Waals surface area contributed by atoms with E-state index in [9.17, 15) is 0 Å². The fourth-order valence-electron chi connectivity index (χ4n) is 2.27. The third-order valence-electron chi connectivity index (χ3n) is 3.50. The number of nitrogens with one attached hydrogen (secondary N) is 1. The fraction of sp³-hybridized carbons (Fsp3) is 0.692. The van der Waals surface area contributed by atoms with Crippen LogP contribution in [0.5, 0.6) is 0 Å². The molecule has 4 heteroatoms. The van der Waals surface area contributed by atoms with E-state index in [2.05, 4.69) is 41.1 Å². The molecule has 1 atom stereocenters. The second-order valence-electron chi connectivity index (χ2n) is 4.94. The highest BCUT2D eigenvalue weighted by Gasteiger charge is 2.18. The van der Waals surface area contributed by atoms with Crippen molar-refractivity contribution in [2.45, 2.75) is 33.2 Å². The van der Waals surface area contributed by atoms with Gasteiger partial charge in [-0.1, -0.05) is 20.3 Å². The zero-order valence-electron chi connectivity index (χ0n) is 11.0. The largest absolute Gasteiger partial charge is 0.359 e. The zero-order valence-corrected chi connectivity index (χ0v) is 11.0. The third-order valence-corrected chi connectivity index (χ3v) is 3.50. The standard InChI is InChI=1S/C13H22N4/c1-4-10(2)8-17(3)13-11-7-14-6-5-12(11)15-9-16-13/h9-10,14H,4-8H2,1-3H3. The van der Waals surface area contributed by atoms with Crippen LogP contribution in [-0.2, 0) is 13.0 Å². The summed E-state index contributed by atoms with van der Waals surface area (Å²) >= 11 is 0. The maximum Gasteiger partial charge on any atom is 0.136 e. The SMILES string of the molecule is CCC(C)CN(C)c1ncnc2c1CNCC2. The van der Waals surface area contributed by atoms with E-state index in [0.29, 0.717) is 5.92 Å². The van der Waals surface area contributed by atoms with Gasteiger partial charge >= 0.3 is 0 Å².